The van der Waals surface area contributed by atoms with Crippen molar-refractivity contribution in [3.63, 3.8) is 0 Å². The molecule has 0 aliphatic carbocycles. The Labute approximate surface area is 165 Å². The van der Waals surface area contributed by atoms with Crippen molar-refractivity contribution in [1.29, 1.82) is 0 Å². The minimum Gasteiger partial charge on any atom is -0.478 e. The Morgan fingerprint density at radius 3 is 0.630 bits per heavy atom. The van der Waals surface area contributed by atoms with E-state index in [1.54, 1.807) is 18.2 Å². The standard InChI is InChI=1S/3C3H4O2.C3H8.3C3H6/c3*1-2-3(4)5;4*1-3-2/h3*2H,1H2,(H,4,5);3H2,1-2H3;3*3H,1H2,2H3. The van der Waals surface area contributed by atoms with E-state index in [2.05, 4.69) is 53.3 Å². The van der Waals surface area contributed by atoms with Crippen LogP contribution in [-0.4, -0.2) is 33.2 Å². The Balaban J connectivity index is -0.0000000352. The predicted octanol–water partition coefficient (Wildman–Crippen LogP) is 5.76. The third-order valence-electron chi connectivity index (χ3n) is 0.524. The van der Waals surface area contributed by atoms with Gasteiger partial charge in [0.1, 0.15) is 0 Å². The van der Waals surface area contributed by atoms with Crippen molar-refractivity contribution < 1.29 is 29.7 Å². The van der Waals surface area contributed by atoms with Crippen LogP contribution in [0.1, 0.15) is 41.0 Å². The molecule has 0 spiro atoms. The third kappa shape index (κ3) is 1220. The zero-order valence-corrected chi connectivity index (χ0v) is 17.5. The second-order valence-electron chi connectivity index (χ2n) is 3.56. The fraction of sp³-hybridized carbons (Fsp3) is 0.286. The van der Waals surface area contributed by atoms with E-state index in [0.29, 0.717) is 0 Å². The molecule has 0 bridgehead atoms. The van der Waals surface area contributed by atoms with Gasteiger partial charge in [0.05, 0.1) is 0 Å². The van der Waals surface area contributed by atoms with E-state index in [0.717, 1.165) is 18.2 Å². The molecule has 0 heterocycles. The third-order valence-corrected chi connectivity index (χ3v) is 0.524. The first-order chi connectivity index (χ1) is 12.5. The lowest BCUT2D eigenvalue weighted by Crippen LogP contribution is -1.82. The van der Waals surface area contributed by atoms with Crippen LogP contribution in [-0.2, 0) is 14.4 Å². The van der Waals surface area contributed by atoms with E-state index >= 15 is 0 Å². The number of aliphatic carboxylic acids is 3. The molecule has 0 aliphatic heterocycles. The van der Waals surface area contributed by atoms with Crippen LogP contribution >= 0.6 is 0 Å². The van der Waals surface area contributed by atoms with Crippen molar-refractivity contribution in [2.24, 2.45) is 0 Å². The topological polar surface area (TPSA) is 112 Å². The average Bonchev–Trinajstić information content (AvgIpc) is 2.58. The first-order valence-corrected chi connectivity index (χ1v) is 7.74. The highest BCUT2D eigenvalue weighted by molar-refractivity contribution is 5.79. The Morgan fingerprint density at radius 2 is 0.630 bits per heavy atom. The number of carboxylic acid groups (broad SMARTS) is 3. The number of hydrogen-bond donors (Lipinski definition) is 3. The smallest absolute Gasteiger partial charge is 0.327 e. The molecule has 0 aliphatic rings. The SMILES string of the molecule is C=CC.C=CC.C=CC.C=CC(=O)O.C=CC(=O)O.C=CC(=O)O.CCC. The van der Waals surface area contributed by atoms with Gasteiger partial charge in [-0.3, -0.25) is 0 Å². The molecule has 0 aromatic heterocycles. The molecule has 0 fully saturated rings. The van der Waals surface area contributed by atoms with Gasteiger partial charge in [0.2, 0.25) is 0 Å². The number of carboxylic acids is 3. The Hall–Kier alpha value is -3.15. The monoisotopic (exact) mass is 386 g/mol. The maximum Gasteiger partial charge on any atom is 0.327 e. The number of hydrogen-bond acceptors (Lipinski definition) is 3. The second-order valence-corrected chi connectivity index (χ2v) is 3.56. The Bertz CT molecular complexity index is 325. The summed E-state index contributed by atoms with van der Waals surface area (Å²) in [5.74, 6) is -2.94. The molecule has 27 heavy (non-hydrogen) atoms. The van der Waals surface area contributed by atoms with Crippen molar-refractivity contribution in [3.8, 4) is 0 Å². The van der Waals surface area contributed by atoms with E-state index in [1.165, 1.54) is 6.42 Å². The summed E-state index contributed by atoms with van der Waals surface area (Å²) in [4.78, 5) is 27.8. The summed E-state index contributed by atoms with van der Waals surface area (Å²) in [7, 11) is 0. The maximum absolute atomic E-state index is 9.25. The molecule has 0 unspecified atom stereocenters. The van der Waals surface area contributed by atoms with Crippen molar-refractivity contribution in [2.75, 3.05) is 0 Å². The maximum atomic E-state index is 9.25. The van der Waals surface area contributed by atoms with Gasteiger partial charge in [-0.05, 0) is 20.8 Å². The molecular formula is C21H38O6. The van der Waals surface area contributed by atoms with Crippen molar-refractivity contribution in [2.45, 2.75) is 41.0 Å². The van der Waals surface area contributed by atoms with Gasteiger partial charge in [-0.25, -0.2) is 14.4 Å². The van der Waals surface area contributed by atoms with Crippen LogP contribution in [0.25, 0.3) is 0 Å². The molecule has 0 aromatic rings. The summed E-state index contributed by atoms with van der Waals surface area (Å²) in [6.07, 6.45) is 9.00. The van der Waals surface area contributed by atoms with Crippen LogP contribution in [0, 0.1) is 0 Å². The molecule has 6 nitrogen and oxygen atoms in total. The van der Waals surface area contributed by atoms with Crippen molar-refractivity contribution in [3.05, 3.63) is 75.9 Å². The zero-order chi connectivity index (χ0) is 23.7. The minimum atomic E-state index is -0.981. The summed E-state index contributed by atoms with van der Waals surface area (Å²) >= 11 is 0. The van der Waals surface area contributed by atoms with E-state index in [9.17, 15) is 14.4 Å². The minimum absolute atomic E-state index is 0.833. The van der Waals surface area contributed by atoms with Crippen molar-refractivity contribution >= 4 is 17.9 Å². The fourth-order valence-electron chi connectivity index (χ4n) is 0. The van der Waals surface area contributed by atoms with Crippen LogP contribution in [0.15, 0.2) is 75.9 Å². The van der Waals surface area contributed by atoms with Crippen LogP contribution in [0.5, 0.6) is 0 Å². The van der Waals surface area contributed by atoms with Crippen molar-refractivity contribution in [1.82, 2.24) is 0 Å². The van der Waals surface area contributed by atoms with Crippen LogP contribution in [0.2, 0.25) is 0 Å². The lowest BCUT2D eigenvalue weighted by molar-refractivity contribution is -0.132. The van der Waals surface area contributed by atoms with Gasteiger partial charge in [-0.2, -0.15) is 0 Å². The second kappa shape index (κ2) is 66.1. The van der Waals surface area contributed by atoms with E-state index in [-0.39, 0.29) is 0 Å². The number of carbonyl (C=O) groups is 3. The molecule has 0 radical (unpaired) electrons. The van der Waals surface area contributed by atoms with Gasteiger partial charge in [-0.15, -0.1) is 19.7 Å². The lowest BCUT2D eigenvalue weighted by Gasteiger charge is -1.64. The molecule has 158 valence electrons. The largest absolute Gasteiger partial charge is 0.478 e. The Kier molecular flexibility index (Phi) is 107. The van der Waals surface area contributed by atoms with Gasteiger partial charge in [0, 0.05) is 18.2 Å². The van der Waals surface area contributed by atoms with E-state index in [4.69, 9.17) is 15.3 Å². The predicted molar refractivity (Wildman–Crippen MR) is 117 cm³/mol. The van der Waals surface area contributed by atoms with Gasteiger partial charge < -0.3 is 15.3 Å². The lowest BCUT2D eigenvalue weighted by atomic mass is 10.6. The normalized spacial score (nSPS) is 5.67. The van der Waals surface area contributed by atoms with Crippen LogP contribution in [0.4, 0.5) is 0 Å². The summed E-state index contributed by atoms with van der Waals surface area (Å²) in [5.41, 5.74) is 0. The summed E-state index contributed by atoms with van der Waals surface area (Å²) in [6, 6.07) is 0. The van der Waals surface area contributed by atoms with Gasteiger partial charge >= 0.3 is 17.9 Å². The van der Waals surface area contributed by atoms with Gasteiger partial charge in [0.15, 0.2) is 0 Å². The highest BCUT2D eigenvalue weighted by Gasteiger charge is 1.74. The molecular weight excluding hydrogens is 348 g/mol. The quantitative estimate of drug-likeness (QED) is 0.419. The summed E-state index contributed by atoms with van der Waals surface area (Å²) < 4.78 is 0. The molecule has 0 rings (SSSR count). The van der Waals surface area contributed by atoms with Gasteiger partial charge in [0.25, 0.3) is 0 Å². The zero-order valence-electron chi connectivity index (χ0n) is 17.5. The number of rotatable bonds is 3. The first-order valence-electron chi connectivity index (χ1n) is 7.74. The summed E-state index contributed by atoms with van der Waals surface area (Å²) in [5, 5.41) is 22.8. The highest BCUT2D eigenvalue weighted by Crippen LogP contribution is 1.56. The highest BCUT2D eigenvalue weighted by atomic mass is 16.4. The molecule has 6 heteroatoms. The van der Waals surface area contributed by atoms with Crippen LogP contribution in [0.3, 0.4) is 0 Å². The van der Waals surface area contributed by atoms with E-state index < -0.39 is 17.9 Å². The molecule has 0 amide bonds. The molecule has 3 N–H and O–H groups in total. The van der Waals surface area contributed by atoms with Gasteiger partial charge in [-0.1, -0.05) is 58.2 Å². The molecule has 0 saturated heterocycles. The van der Waals surface area contributed by atoms with Crippen LogP contribution < -0.4 is 0 Å². The first kappa shape index (κ1) is 43.9. The molecule has 0 saturated carbocycles. The Morgan fingerprint density at radius 1 is 0.593 bits per heavy atom. The van der Waals surface area contributed by atoms with E-state index in [1.807, 2.05) is 20.8 Å². The average molecular weight is 387 g/mol. The molecule has 0 aromatic carbocycles. The summed E-state index contributed by atoms with van der Waals surface area (Å²) in [6.45, 7) is 28.9. The fourth-order valence-corrected chi connectivity index (χ4v) is 0. The number of allylic oxidation sites excluding steroid dienone is 3. The molecule has 0 atom stereocenters.